The molecule has 0 saturated heterocycles. The van der Waals surface area contributed by atoms with Crippen LogP contribution in [0.25, 0.3) is 0 Å². The molecule has 0 rings (SSSR count). The van der Waals surface area contributed by atoms with E-state index in [1.165, 1.54) is 13.2 Å². The normalized spacial score (nSPS) is 9.13. The lowest BCUT2D eigenvalue weighted by atomic mass is 10.4. The maximum atomic E-state index is 11.0. The molecule has 0 aromatic carbocycles. The van der Waals surface area contributed by atoms with Crippen molar-refractivity contribution in [2.75, 3.05) is 39.6 Å². The summed E-state index contributed by atoms with van der Waals surface area (Å²) in [4.78, 5) is 20.6. The van der Waals surface area contributed by atoms with Crippen LogP contribution in [0.5, 0.6) is 0 Å². The highest BCUT2D eigenvalue weighted by Gasteiger charge is 2.01. The minimum Gasteiger partial charge on any atom is -0.499 e. The summed E-state index contributed by atoms with van der Waals surface area (Å²) in [6.45, 7) is 15.6. The Morgan fingerprint density at radius 1 is 0.913 bits per heavy atom. The van der Waals surface area contributed by atoms with E-state index in [2.05, 4.69) is 19.7 Å². The van der Waals surface area contributed by atoms with Crippen LogP contribution in [0.4, 0.5) is 0 Å². The number of esters is 1. The predicted octanol–water partition coefficient (Wildman–Crippen LogP) is 1.95. The molecule has 132 valence electrons. The number of carbonyl (C=O) groups excluding carboxylic acids is 1. The van der Waals surface area contributed by atoms with Crippen molar-refractivity contribution in [3.05, 3.63) is 37.1 Å². The Morgan fingerprint density at radius 3 is 1.74 bits per heavy atom. The summed E-state index contributed by atoms with van der Waals surface area (Å²) in [6.07, 6.45) is 1.37. The first-order chi connectivity index (χ1) is 10.8. The molecule has 0 bridgehead atoms. The molecule has 0 unspecified atom stereocenters. The first-order valence-corrected chi connectivity index (χ1v) is 6.92. The fourth-order valence-corrected chi connectivity index (χ4v) is 0.829. The Balaban J connectivity index is 0. The molecule has 0 radical (unpaired) electrons. The average Bonchev–Trinajstić information content (AvgIpc) is 2.49. The van der Waals surface area contributed by atoms with Gasteiger partial charge in [0.1, 0.15) is 13.2 Å². The van der Waals surface area contributed by atoms with Gasteiger partial charge >= 0.3 is 11.9 Å². The summed E-state index contributed by atoms with van der Waals surface area (Å²) in [5, 5.41) is 7.89. The van der Waals surface area contributed by atoms with Gasteiger partial charge in [-0.3, -0.25) is 0 Å². The summed E-state index contributed by atoms with van der Waals surface area (Å²) < 4.78 is 20.0. The molecule has 0 spiro atoms. The van der Waals surface area contributed by atoms with Crippen molar-refractivity contribution in [3.8, 4) is 0 Å². The minimum atomic E-state index is -0.935. The second-order valence-corrected chi connectivity index (χ2v) is 4.26. The predicted molar refractivity (Wildman–Crippen MR) is 86.0 cm³/mol. The Hall–Kier alpha value is -2.12. The molecule has 0 amide bonds. The Kier molecular flexibility index (Phi) is 16.4. The zero-order chi connectivity index (χ0) is 18.1. The van der Waals surface area contributed by atoms with Crippen molar-refractivity contribution in [2.45, 2.75) is 13.8 Å². The molecular weight excluding hydrogens is 304 g/mol. The monoisotopic (exact) mass is 330 g/mol. The van der Waals surface area contributed by atoms with Crippen LogP contribution in [-0.4, -0.2) is 56.7 Å². The van der Waals surface area contributed by atoms with Crippen molar-refractivity contribution in [1.82, 2.24) is 0 Å². The first kappa shape index (κ1) is 23.2. The smallest absolute Gasteiger partial charge is 0.333 e. The molecule has 7 heteroatoms. The second-order valence-electron chi connectivity index (χ2n) is 4.26. The van der Waals surface area contributed by atoms with Gasteiger partial charge in [0.2, 0.25) is 0 Å². The van der Waals surface area contributed by atoms with Crippen molar-refractivity contribution in [1.29, 1.82) is 0 Å². The second kappa shape index (κ2) is 16.3. The molecule has 7 nitrogen and oxygen atoms in total. The summed E-state index contributed by atoms with van der Waals surface area (Å²) in [6, 6.07) is 0. The van der Waals surface area contributed by atoms with Gasteiger partial charge in [0, 0.05) is 11.1 Å². The number of rotatable bonds is 12. The van der Waals surface area contributed by atoms with Crippen molar-refractivity contribution >= 4 is 11.9 Å². The molecule has 0 saturated carbocycles. The van der Waals surface area contributed by atoms with Gasteiger partial charge in [0.15, 0.2) is 0 Å². The summed E-state index contributed by atoms with van der Waals surface area (Å²) in [5.41, 5.74) is 0.561. The van der Waals surface area contributed by atoms with Crippen LogP contribution < -0.4 is 0 Å². The molecule has 1 N–H and O–H groups in total. The fourth-order valence-electron chi connectivity index (χ4n) is 0.829. The number of carboxylic acids is 1. The van der Waals surface area contributed by atoms with E-state index >= 15 is 0 Å². The highest BCUT2D eigenvalue weighted by Crippen LogP contribution is 1.91. The summed E-state index contributed by atoms with van der Waals surface area (Å²) in [7, 11) is 0. The van der Waals surface area contributed by atoms with Gasteiger partial charge in [0.25, 0.3) is 0 Å². The molecule has 0 aromatic heterocycles. The standard InChI is InChI=1S/C12H20O5.C4H6O2/c1-4-14-5-6-15-7-8-16-9-10-17-12(13)11(2)3;1-3(2)4(5)6/h4H,1-2,5-10H2,3H3;1H2,2H3,(H,5,6). The third-order valence-electron chi connectivity index (χ3n) is 2.01. The number of aliphatic carboxylic acids is 1. The molecule has 0 aromatic rings. The van der Waals surface area contributed by atoms with Gasteiger partial charge in [-0.05, 0) is 13.8 Å². The zero-order valence-corrected chi connectivity index (χ0v) is 13.8. The van der Waals surface area contributed by atoms with Crippen LogP contribution in [0.3, 0.4) is 0 Å². The minimum absolute atomic E-state index is 0.176. The van der Waals surface area contributed by atoms with E-state index in [1.807, 2.05) is 0 Å². The van der Waals surface area contributed by atoms with E-state index < -0.39 is 11.9 Å². The van der Waals surface area contributed by atoms with Crippen LogP contribution >= 0.6 is 0 Å². The van der Waals surface area contributed by atoms with Crippen LogP contribution in [0, 0.1) is 0 Å². The molecule has 0 heterocycles. The Morgan fingerprint density at radius 2 is 1.35 bits per heavy atom. The number of carboxylic acid groups (broad SMARTS) is 1. The highest BCUT2D eigenvalue weighted by molar-refractivity contribution is 5.86. The third kappa shape index (κ3) is 19.9. The maximum Gasteiger partial charge on any atom is 0.333 e. The highest BCUT2D eigenvalue weighted by atomic mass is 16.6. The number of hydrogen-bond donors (Lipinski definition) is 1. The van der Waals surface area contributed by atoms with E-state index in [1.54, 1.807) is 6.92 Å². The fraction of sp³-hybridized carbons (Fsp3) is 0.500. The molecule has 0 aliphatic heterocycles. The van der Waals surface area contributed by atoms with Crippen molar-refractivity contribution < 1.29 is 33.6 Å². The quantitative estimate of drug-likeness (QED) is 0.253. The molecule has 0 aliphatic carbocycles. The topological polar surface area (TPSA) is 91.3 Å². The lowest BCUT2D eigenvalue weighted by molar-refractivity contribution is -0.140. The molecule has 0 fully saturated rings. The summed E-state index contributed by atoms with van der Waals surface area (Å²) >= 11 is 0. The molecule has 0 aliphatic rings. The number of hydrogen-bond acceptors (Lipinski definition) is 6. The number of ether oxygens (including phenoxy) is 4. The average molecular weight is 330 g/mol. The Labute approximate surface area is 137 Å². The van der Waals surface area contributed by atoms with Gasteiger partial charge in [-0.1, -0.05) is 19.7 Å². The SMILES string of the molecule is C=C(C)C(=O)O.C=COCCOCCOCCOC(=O)C(=C)C. The lowest BCUT2D eigenvalue weighted by Gasteiger charge is -2.06. The third-order valence-corrected chi connectivity index (χ3v) is 2.01. The summed E-state index contributed by atoms with van der Waals surface area (Å²) in [5.74, 6) is -1.33. The van der Waals surface area contributed by atoms with E-state index in [4.69, 9.17) is 24.1 Å². The van der Waals surface area contributed by atoms with Gasteiger partial charge in [-0.15, -0.1) is 0 Å². The Bertz CT molecular complexity index is 376. The van der Waals surface area contributed by atoms with E-state index in [9.17, 15) is 9.59 Å². The number of carbonyl (C=O) groups is 2. The molecular formula is C16H26O7. The molecule has 0 atom stereocenters. The van der Waals surface area contributed by atoms with Crippen LogP contribution in [0.2, 0.25) is 0 Å². The van der Waals surface area contributed by atoms with Crippen LogP contribution in [0.1, 0.15) is 13.8 Å². The van der Waals surface area contributed by atoms with Crippen LogP contribution in [-0.2, 0) is 28.5 Å². The van der Waals surface area contributed by atoms with Crippen molar-refractivity contribution in [2.24, 2.45) is 0 Å². The maximum absolute atomic E-state index is 11.0. The lowest BCUT2D eigenvalue weighted by Crippen LogP contribution is -2.13. The van der Waals surface area contributed by atoms with Gasteiger partial charge in [-0.2, -0.15) is 0 Å². The first-order valence-electron chi connectivity index (χ1n) is 6.92. The largest absolute Gasteiger partial charge is 0.499 e. The molecule has 23 heavy (non-hydrogen) atoms. The van der Waals surface area contributed by atoms with Crippen LogP contribution in [0.15, 0.2) is 37.1 Å². The van der Waals surface area contributed by atoms with Gasteiger partial charge < -0.3 is 24.1 Å². The van der Waals surface area contributed by atoms with Gasteiger partial charge in [-0.25, -0.2) is 9.59 Å². The van der Waals surface area contributed by atoms with Crippen molar-refractivity contribution in [3.63, 3.8) is 0 Å². The zero-order valence-electron chi connectivity index (χ0n) is 13.8. The van der Waals surface area contributed by atoms with E-state index in [-0.39, 0.29) is 12.2 Å². The van der Waals surface area contributed by atoms with E-state index in [0.717, 1.165) is 0 Å². The van der Waals surface area contributed by atoms with Gasteiger partial charge in [0.05, 0.1) is 32.7 Å². The van der Waals surface area contributed by atoms with E-state index in [0.29, 0.717) is 38.6 Å².